The zero-order valence-electron chi connectivity index (χ0n) is 19.3. The number of nitrogens with two attached hydrogens (primary N) is 1. The zero-order chi connectivity index (χ0) is 23.7. The lowest BCUT2D eigenvalue weighted by atomic mass is 10.00. The number of ether oxygens (including phenoxy) is 1. The molecule has 5 heteroatoms. The molecule has 0 spiro atoms. The highest BCUT2D eigenvalue weighted by Crippen LogP contribution is 2.32. The molecule has 0 fully saturated rings. The summed E-state index contributed by atoms with van der Waals surface area (Å²) in [6, 6.07) is 15.7. The maximum absolute atomic E-state index is 12.1. The first kappa shape index (κ1) is 22.9. The molecule has 1 amide bonds. The third-order valence-electron chi connectivity index (χ3n) is 5.99. The van der Waals surface area contributed by atoms with Crippen molar-refractivity contribution in [3.8, 4) is 5.75 Å². The number of hydrogen-bond acceptors (Lipinski definition) is 2. The molecule has 0 bridgehead atoms. The van der Waals surface area contributed by atoms with Crippen molar-refractivity contribution in [2.45, 2.75) is 39.7 Å². The van der Waals surface area contributed by atoms with Gasteiger partial charge < -0.3 is 15.0 Å². The van der Waals surface area contributed by atoms with E-state index in [1.807, 2.05) is 18.2 Å². The molecule has 170 valence electrons. The van der Waals surface area contributed by atoms with Crippen LogP contribution >= 0.6 is 11.6 Å². The molecule has 0 atom stereocenters. The molecule has 4 rings (SSSR count). The molecule has 0 radical (unpaired) electrons. The molecule has 0 unspecified atom stereocenters. The molecule has 0 aliphatic heterocycles. The topological polar surface area (TPSA) is 57.2 Å². The Morgan fingerprint density at radius 3 is 2.58 bits per heavy atom. The van der Waals surface area contributed by atoms with Gasteiger partial charge in [-0.15, -0.1) is 0 Å². The van der Waals surface area contributed by atoms with E-state index in [1.54, 1.807) is 12.1 Å². The first-order valence-corrected chi connectivity index (χ1v) is 11.6. The fraction of sp³-hybridized carbons (Fsp3) is 0.250. The summed E-state index contributed by atoms with van der Waals surface area (Å²) in [6.45, 7) is 12.1. The fourth-order valence-corrected chi connectivity index (χ4v) is 4.36. The van der Waals surface area contributed by atoms with Gasteiger partial charge in [-0.05, 0) is 64.6 Å². The maximum Gasteiger partial charge on any atom is 0.252 e. The summed E-state index contributed by atoms with van der Waals surface area (Å²) < 4.78 is 8.38. The number of aromatic nitrogens is 1. The van der Waals surface area contributed by atoms with Crippen molar-refractivity contribution < 1.29 is 9.53 Å². The molecule has 0 aliphatic rings. The SMILES string of the molecule is C=C(COc1cc2ccc(Cl)cc2cc1C(N)=O)c1cn(CCC)c2cc(C(C)C)ccc12. The van der Waals surface area contributed by atoms with Gasteiger partial charge in [0.05, 0.1) is 5.56 Å². The summed E-state index contributed by atoms with van der Waals surface area (Å²) in [4.78, 5) is 12.1. The molecule has 3 aromatic carbocycles. The number of hydrogen-bond donors (Lipinski definition) is 1. The third kappa shape index (κ3) is 4.62. The number of carbonyl (C=O) groups is 1. The highest BCUT2D eigenvalue weighted by Gasteiger charge is 2.16. The Morgan fingerprint density at radius 1 is 1.09 bits per heavy atom. The number of aryl methyl sites for hydroxylation is 1. The molecule has 4 aromatic rings. The van der Waals surface area contributed by atoms with Gasteiger partial charge in [0.25, 0.3) is 5.91 Å². The van der Waals surface area contributed by atoms with Gasteiger partial charge >= 0.3 is 0 Å². The lowest BCUT2D eigenvalue weighted by molar-refractivity contribution is 0.0997. The smallest absolute Gasteiger partial charge is 0.252 e. The van der Waals surface area contributed by atoms with Crippen molar-refractivity contribution in [1.82, 2.24) is 4.57 Å². The Bertz CT molecular complexity index is 1370. The molecule has 2 N–H and O–H groups in total. The number of primary amides is 1. The second kappa shape index (κ2) is 9.32. The Kier molecular flexibility index (Phi) is 6.48. The van der Waals surface area contributed by atoms with Gasteiger partial charge in [0.2, 0.25) is 0 Å². The van der Waals surface area contributed by atoms with Crippen LogP contribution < -0.4 is 10.5 Å². The van der Waals surface area contributed by atoms with Crippen LogP contribution in [0.2, 0.25) is 5.02 Å². The van der Waals surface area contributed by atoms with Gasteiger partial charge in [-0.3, -0.25) is 4.79 Å². The van der Waals surface area contributed by atoms with E-state index in [9.17, 15) is 4.79 Å². The van der Waals surface area contributed by atoms with E-state index >= 15 is 0 Å². The summed E-state index contributed by atoms with van der Waals surface area (Å²) in [5.41, 5.74) is 10.4. The van der Waals surface area contributed by atoms with Crippen LogP contribution in [0.5, 0.6) is 5.75 Å². The van der Waals surface area contributed by atoms with E-state index in [0.29, 0.717) is 22.3 Å². The monoisotopic (exact) mass is 460 g/mol. The number of nitrogens with zero attached hydrogens (tertiary/aromatic N) is 1. The average molecular weight is 461 g/mol. The van der Waals surface area contributed by atoms with Crippen LogP contribution in [-0.4, -0.2) is 17.1 Å². The number of amides is 1. The first-order valence-electron chi connectivity index (χ1n) is 11.2. The van der Waals surface area contributed by atoms with Gasteiger partial charge in [-0.1, -0.05) is 57.2 Å². The third-order valence-corrected chi connectivity index (χ3v) is 6.22. The summed E-state index contributed by atoms with van der Waals surface area (Å²) >= 11 is 6.10. The largest absolute Gasteiger partial charge is 0.488 e. The number of rotatable bonds is 8. The number of benzene rings is 3. The van der Waals surface area contributed by atoms with Crippen LogP contribution in [0.4, 0.5) is 0 Å². The molecule has 4 nitrogen and oxygen atoms in total. The van der Waals surface area contributed by atoms with Crippen LogP contribution in [0.15, 0.2) is 61.3 Å². The Hall–Kier alpha value is -3.24. The highest BCUT2D eigenvalue weighted by atomic mass is 35.5. The normalized spacial score (nSPS) is 11.4. The Morgan fingerprint density at radius 2 is 1.88 bits per heavy atom. The molecule has 1 heterocycles. The standard InChI is InChI=1S/C28H29ClN2O2/c1-5-10-31-15-25(23-9-7-19(17(2)3)13-26(23)31)18(4)16-33-27-14-20-6-8-22(29)11-21(20)12-24(27)28(30)32/h6-9,11-15,17H,4-5,10,16H2,1-3H3,(H2,30,32). The van der Waals surface area contributed by atoms with Crippen molar-refractivity contribution >= 4 is 44.8 Å². The lowest BCUT2D eigenvalue weighted by Gasteiger charge is -2.13. The van der Waals surface area contributed by atoms with Crippen molar-refractivity contribution in [1.29, 1.82) is 0 Å². The average Bonchev–Trinajstić information content (AvgIpc) is 3.15. The number of carbonyl (C=O) groups excluding carboxylic acids is 1. The van der Waals surface area contributed by atoms with E-state index in [2.05, 4.69) is 56.3 Å². The zero-order valence-corrected chi connectivity index (χ0v) is 20.1. The molecular formula is C28H29ClN2O2. The van der Waals surface area contributed by atoms with E-state index in [4.69, 9.17) is 22.1 Å². The predicted octanol–water partition coefficient (Wildman–Crippen LogP) is 7.17. The van der Waals surface area contributed by atoms with E-state index in [1.165, 1.54) is 11.1 Å². The van der Waals surface area contributed by atoms with E-state index in [-0.39, 0.29) is 6.61 Å². The summed E-state index contributed by atoms with van der Waals surface area (Å²) in [7, 11) is 0. The van der Waals surface area contributed by atoms with E-state index in [0.717, 1.165) is 40.3 Å². The van der Waals surface area contributed by atoms with Crippen molar-refractivity contribution in [2.24, 2.45) is 5.73 Å². The van der Waals surface area contributed by atoms with Crippen molar-refractivity contribution in [3.63, 3.8) is 0 Å². The molecule has 1 aromatic heterocycles. The molecule has 0 saturated heterocycles. The second-order valence-electron chi connectivity index (χ2n) is 8.76. The maximum atomic E-state index is 12.1. The second-order valence-corrected chi connectivity index (χ2v) is 9.20. The number of fused-ring (bicyclic) bond motifs is 2. The minimum atomic E-state index is -0.543. The van der Waals surface area contributed by atoms with Gasteiger partial charge in [-0.2, -0.15) is 0 Å². The minimum absolute atomic E-state index is 0.247. The predicted molar refractivity (Wildman–Crippen MR) is 138 cm³/mol. The highest BCUT2D eigenvalue weighted by molar-refractivity contribution is 6.31. The summed E-state index contributed by atoms with van der Waals surface area (Å²) in [5, 5.41) is 3.52. The van der Waals surface area contributed by atoms with Crippen molar-refractivity contribution in [2.75, 3.05) is 6.61 Å². The summed E-state index contributed by atoms with van der Waals surface area (Å²) in [6.07, 6.45) is 3.20. The van der Waals surface area contributed by atoms with Gasteiger partial charge in [0.15, 0.2) is 0 Å². The van der Waals surface area contributed by atoms with Gasteiger partial charge in [0, 0.05) is 34.2 Å². The van der Waals surface area contributed by atoms with Crippen LogP contribution in [-0.2, 0) is 6.54 Å². The quantitative estimate of drug-likeness (QED) is 0.303. The lowest BCUT2D eigenvalue weighted by Crippen LogP contribution is -2.13. The van der Waals surface area contributed by atoms with Crippen LogP contribution in [0.1, 0.15) is 54.6 Å². The van der Waals surface area contributed by atoms with Gasteiger partial charge in [-0.25, -0.2) is 0 Å². The van der Waals surface area contributed by atoms with Crippen LogP contribution in [0, 0.1) is 0 Å². The number of halogens is 1. The molecule has 0 aliphatic carbocycles. The molecule has 0 saturated carbocycles. The minimum Gasteiger partial charge on any atom is -0.488 e. The first-order chi connectivity index (χ1) is 15.8. The van der Waals surface area contributed by atoms with Gasteiger partial charge in [0.1, 0.15) is 12.4 Å². The Labute approximate surface area is 199 Å². The molecular weight excluding hydrogens is 432 g/mol. The Balaban J connectivity index is 1.66. The van der Waals surface area contributed by atoms with Crippen molar-refractivity contribution in [3.05, 3.63) is 83.0 Å². The summed E-state index contributed by atoms with van der Waals surface area (Å²) in [5.74, 6) is 0.362. The molecule has 33 heavy (non-hydrogen) atoms. The van der Waals surface area contributed by atoms with Crippen LogP contribution in [0.25, 0.3) is 27.2 Å². The van der Waals surface area contributed by atoms with E-state index < -0.39 is 5.91 Å². The fourth-order valence-electron chi connectivity index (χ4n) is 4.18. The van der Waals surface area contributed by atoms with Crippen LogP contribution in [0.3, 0.4) is 0 Å².